The van der Waals surface area contributed by atoms with Crippen LogP contribution in [0.3, 0.4) is 0 Å². The average molecular weight is 247 g/mol. The molecule has 3 nitrogen and oxygen atoms in total. The fourth-order valence-electron chi connectivity index (χ4n) is 3.79. The minimum absolute atomic E-state index is 0.0631. The van der Waals surface area contributed by atoms with E-state index in [-0.39, 0.29) is 11.5 Å². The summed E-state index contributed by atoms with van der Waals surface area (Å²) in [6.45, 7) is 1.08. The molecule has 2 fully saturated rings. The summed E-state index contributed by atoms with van der Waals surface area (Å²) in [5.74, 6) is 0.331. The van der Waals surface area contributed by atoms with Gasteiger partial charge in [0.2, 0.25) is 0 Å². The first-order valence-corrected chi connectivity index (χ1v) is 6.77. The molecule has 3 atom stereocenters. The number of phenolic OH excluding ortho intramolecular Hbond substituents is 1. The monoisotopic (exact) mass is 247 g/mol. The van der Waals surface area contributed by atoms with Gasteiger partial charge in [-0.15, -0.1) is 0 Å². The normalized spacial score (nSPS) is 36.6. The predicted octanol–water partition coefficient (Wildman–Crippen LogP) is 1.88. The number of aliphatic hydroxyl groups excluding tert-OH is 1. The van der Waals surface area contributed by atoms with Gasteiger partial charge in [0.15, 0.2) is 0 Å². The third kappa shape index (κ3) is 1.91. The number of phenols is 1. The van der Waals surface area contributed by atoms with E-state index in [1.165, 1.54) is 5.56 Å². The number of hydrogen-bond donors (Lipinski definition) is 2. The molecule has 18 heavy (non-hydrogen) atoms. The zero-order chi connectivity index (χ0) is 12.8. The maximum absolute atomic E-state index is 10.1. The van der Waals surface area contributed by atoms with E-state index in [0.29, 0.717) is 11.8 Å². The standard InChI is InChI=1S/C15H21NO2/c1-16-6-5-15(9-12(16)8-14(18)10-15)11-3-2-4-13(17)7-11/h2-4,7,12,14,17-18H,5-6,8-10H2,1H3/t12-,14-,15-/m1/s1. The van der Waals surface area contributed by atoms with Crippen molar-refractivity contribution in [2.24, 2.45) is 0 Å². The van der Waals surface area contributed by atoms with Crippen molar-refractivity contribution in [2.45, 2.75) is 43.2 Å². The lowest BCUT2D eigenvalue weighted by Gasteiger charge is -2.51. The van der Waals surface area contributed by atoms with Gasteiger partial charge in [-0.3, -0.25) is 0 Å². The summed E-state index contributed by atoms with van der Waals surface area (Å²) in [5, 5.41) is 19.8. The lowest BCUT2D eigenvalue weighted by Crippen LogP contribution is -2.53. The third-order valence-corrected chi connectivity index (χ3v) is 4.82. The molecule has 3 heteroatoms. The van der Waals surface area contributed by atoms with Crippen LogP contribution in [0.4, 0.5) is 0 Å². The van der Waals surface area contributed by atoms with Gasteiger partial charge in [-0.25, -0.2) is 0 Å². The van der Waals surface area contributed by atoms with Gasteiger partial charge in [-0.1, -0.05) is 12.1 Å². The summed E-state index contributed by atoms with van der Waals surface area (Å²) in [7, 11) is 2.15. The molecule has 2 aliphatic rings. The highest BCUT2D eigenvalue weighted by molar-refractivity contribution is 5.34. The Bertz CT molecular complexity index is 448. The zero-order valence-electron chi connectivity index (χ0n) is 10.8. The smallest absolute Gasteiger partial charge is 0.115 e. The van der Waals surface area contributed by atoms with Crippen LogP contribution in [0.25, 0.3) is 0 Å². The van der Waals surface area contributed by atoms with Gasteiger partial charge in [0.05, 0.1) is 6.10 Å². The molecule has 98 valence electrons. The Balaban J connectivity index is 1.97. The molecule has 1 aliphatic carbocycles. The number of aliphatic hydroxyl groups is 1. The lowest BCUT2D eigenvalue weighted by molar-refractivity contribution is -0.00646. The van der Waals surface area contributed by atoms with Gasteiger partial charge < -0.3 is 15.1 Å². The second-order valence-electron chi connectivity index (χ2n) is 6.01. The SMILES string of the molecule is CN1CC[C@]2(c3cccc(O)c3)C[C@H](O)C[C@@H]1C2. The van der Waals surface area contributed by atoms with E-state index in [1.54, 1.807) is 6.07 Å². The lowest BCUT2D eigenvalue weighted by atomic mass is 9.62. The van der Waals surface area contributed by atoms with Crippen LogP contribution >= 0.6 is 0 Å². The van der Waals surface area contributed by atoms with Crippen LogP contribution in [-0.4, -0.2) is 40.9 Å². The summed E-state index contributed by atoms with van der Waals surface area (Å²) < 4.78 is 0. The molecule has 0 amide bonds. The first kappa shape index (κ1) is 12.0. The number of likely N-dealkylation sites (tertiary alicyclic amines) is 1. The van der Waals surface area contributed by atoms with E-state index < -0.39 is 0 Å². The minimum atomic E-state index is -0.214. The van der Waals surface area contributed by atoms with E-state index in [4.69, 9.17) is 0 Å². The van der Waals surface area contributed by atoms with Crippen molar-refractivity contribution in [3.05, 3.63) is 29.8 Å². The largest absolute Gasteiger partial charge is 0.508 e. The molecular formula is C15H21NO2. The van der Waals surface area contributed by atoms with Crippen LogP contribution in [0.1, 0.15) is 31.2 Å². The molecule has 1 heterocycles. The highest BCUT2D eigenvalue weighted by Gasteiger charge is 2.45. The van der Waals surface area contributed by atoms with Crippen molar-refractivity contribution in [3.63, 3.8) is 0 Å². The highest BCUT2D eigenvalue weighted by Crippen LogP contribution is 2.47. The topological polar surface area (TPSA) is 43.7 Å². The molecule has 1 saturated heterocycles. The molecule has 1 saturated carbocycles. The maximum Gasteiger partial charge on any atom is 0.115 e. The fraction of sp³-hybridized carbons (Fsp3) is 0.600. The van der Waals surface area contributed by atoms with E-state index in [2.05, 4.69) is 18.0 Å². The molecule has 0 unspecified atom stereocenters. The second kappa shape index (κ2) is 4.25. The molecule has 0 aromatic heterocycles. The number of fused-ring (bicyclic) bond motifs is 2. The molecule has 1 aliphatic heterocycles. The van der Waals surface area contributed by atoms with E-state index >= 15 is 0 Å². The van der Waals surface area contributed by atoms with Crippen molar-refractivity contribution in [2.75, 3.05) is 13.6 Å². The number of piperidine rings is 1. The molecule has 1 aromatic rings. The number of nitrogens with zero attached hydrogens (tertiary/aromatic N) is 1. The summed E-state index contributed by atoms with van der Waals surface area (Å²) in [6.07, 6.45) is 3.68. The molecule has 2 N–H and O–H groups in total. The third-order valence-electron chi connectivity index (χ3n) is 4.82. The Morgan fingerprint density at radius 3 is 2.94 bits per heavy atom. The van der Waals surface area contributed by atoms with Crippen LogP contribution in [0.15, 0.2) is 24.3 Å². The van der Waals surface area contributed by atoms with Crippen LogP contribution in [0.5, 0.6) is 5.75 Å². The Labute approximate surface area is 108 Å². The van der Waals surface area contributed by atoms with Crippen molar-refractivity contribution in [3.8, 4) is 5.75 Å². The van der Waals surface area contributed by atoms with Gasteiger partial charge in [-0.05, 0) is 57.0 Å². The Hall–Kier alpha value is -1.06. The average Bonchev–Trinajstić information content (AvgIpc) is 2.34. The first-order valence-electron chi connectivity index (χ1n) is 6.77. The van der Waals surface area contributed by atoms with E-state index in [9.17, 15) is 10.2 Å². The van der Waals surface area contributed by atoms with Crippen LogP contribution in [-0.2, 0) is 5.41 Å². The highest BCUT2D eigenvalue weighted by atomic mass is 16.3. The van der Waals surface area contributed by atoms with Crippen LogP contribution < -0.4 is 0 Å². The quantitative estimate of drug-likeness (QED) is 0.796. The van der Waals surface area contributed by atoms with E-state index in [0.717, 1.165) is 32.2 Å². The second-order valence-corrected chi connectivity index (χ2v) is 6.01. The first-order chi connectivity index (χ1) is 8.59. The van der Waals surface area contributed by atoms with Gasteiger partial charge in [-0.2, -0.15) is 0 Å². The molecule has 3 rings (SSSR count). The number of benzene rings is 1. The van der Waals surface area contributed by atoms with Crippen molar-refractivity contribution in [1.82, 2.24) is 4.90 Å². The Kier molecular flexibility index (Phi) is 2.83. The number of rotatable bonds is 1. The molecular weight excluding hydrogens is 226 g/mol. The zero-order valence-corrected chi connectivity index (χ0v) is 10.8. The minimum Gasteiger partial charge on any atom is -0.508 e. The summed E-state index contributed by atoms with van der Waals surface area (Å²) in [6, 6.07) is 8.07. The van der Waals surface area contributed by atoms with Crippen molar-refractivity contribution < 1.29 is 10.2 Å². The van der Waals surface area contributed by atoms with Crippen molar-refractivity contribution >= 4 is 0 Å². The van der Waals surface area contributed by atoms with Gasteiger partial charge >= 0.3 is 0 Å². The van der Waals surface area contributed by atoms with Crippen LogP contribution in [0.2, 0.25) is 0 Å². The van der Waals surface area contributed by atoms with Crippen molar-refractivity contribution in [1.29, 1.82) is 0 Å². The molecule has 0 spiro atoms. The Morgan fingerprint density at radius 1 is 1.33 bits per heavy atom. The summed E-state index contributed by atoms with van der Waals surface area (Å²) in [4.78, 5) is 2.36. The number of aromatic hydroxyl groups is 1. The van der Waals surface area contributed by atoms with Gasteiger partial charge in [0, 0.05) is 11.5 Å². The fourth-order valence-corrected chi connectivity index (χ4v) is 3.79. The molecule has 1 aromatic carbocycles. The van der Waals surface area contributed by atoms with Crippen LogP contribution in [0, 0.1) is 0 Å². The summed E-state index contributed by atoms with van der Waals surface area (Å²) in [5.41, 5.74) is 1.26. The van der Waals surface area contributed by atoms with Gasteiger partial charge in [0.25, 0.3) is 0 Å². The Morgan fingerprint density at radius 2 is 2.17 bits per heavy atom. The number of hydrogen-bond acceptors (Lipinski definition) is 3. The van der Waals surface area contributed by atoms with Gasteiger partial charge in [0.1, 0.15) is 5.75 Å². The molecule has 2 bridgehead atoms. The molecule has 0 radical (unpaired) electrons. The summed E-state index contributed by atoms with van der Waals surface area (Å²) >= 11 is 0. The van der Waals surface area contributed by atoms with E-state index in [1.807, 2.05) is 12.1 Å². The maximum atomic E-state index is 10.1. The predicted molar refractivity (Wildman–Crippen MR) is 70.7 cm³/mol.